The molecule has 1 atom stereocenters. The van der Waals surface area contributed by atoms with Gasteiger partial charge in [-0.1, -0.05) is 18.2 Å². The van der Waals surface area contributed by atoms with Gasteiger partial charge < -0.3 is 24.4 Å². The van der Waals surface area contributed by atoms with E-state index in [1.54, 1.807) is 24.3 Å². The van der Waals surface area contributed by atoms with Crippen molar-refractivity contribution in [1.82, 2.24) is 0 Å². The van der Waals surface area contributed by atoms with E-state index < -0.39 is 11.6 Å². The predicted molar refractivity (Wildman–Crippen MR) is 82.9 cm³/mol. The van der Waals surface area contributed by atoms with Gasteiger partial charge in [0.25, 0.3) is 0 Å². The summed E-state index contributed by atoms with van der Waals surface area (Å²) in [5, 5.41) is 20.3. The second-order valence-electron chi connectivity index (χ2n) is 5.00. The van der Waals surface area contributed by atoms with E-state index in [1.165, 1.54) is 39.3 Å². The smallest absolute Gasteiger partial charge is 0.348 e. The number of hydrogen-bond acceptors (Lipinski definition) is 6. The van der Waals surface area contributed by atoms with Gasteiger partial charge in [0.15, 0.2) is 28.6 Å². The predicted octanol–water partition coefficient (Wildman–Crippen LogP) is 2.22. The SMILES string of the molecule is COc1ccc(C(C)(O)C(=O)Oc2ccccc2OC)cc1O. The van der Waals surface area contributed by atoms with Crippen LogP contribution in [0.4, 0.5) is 0 Å². The van der Waals surface area contributed by atoms with Crippen LogP contribution in [0.25, 0.3) is 0 Å². The van der Waals surface area contributed by atoms with E-state index in [1.807, 2.05) is 0 Å². The van der Waals surface area contributed by atoms with Crippen molar-refractivity contribution in [3.05, 3.63) is 48.0 Å². The minimum absolute atomic E-state index is 0.177. The summed E-state index contributed by atoms with van der Waals surface area (Å²) in [4.78, 5) is 12.3. The monoisotopic (exact) mass is 318 g/mol. The topological polar surface area (TPSA) is 85.2 Å². The molecule has 0 saturated heterocycles. The van der Waals surface area contributed by atoms with Crippen LogP contribution in [-0.4, -0.2) is 30.4 Å². The first-order valence-electron chi connectivity index (χ1n) is 6.85. The van der Waals surface area contributed by atoms with Gasteiger partial charge in [-0.2, -0.15) is 0 Å². The third kappa shape index (κ3) is 3.37. The van der Waals surface area contributed by atoms with Gasteiger partial charge in [0.1, 0.15) is 0 Å². The normalized spacial score (nSPS) is 13.0. The summed E-state index contributed by atoms with van der Waals surface area (Å²) in [6, 6.07) is 10.8. The average molecular weight is 318 g/mol. The first-order chi connectivity index (χ1) is 10.9. The Labute approximate surface area is 133 Å². The maximum Gasteiger partial charge on any atom is 0.348 e. The van der Waals surface area contributed by atoms with Crippen LogP contribution in [0.2, 0.25) is 0 Å². The van der Waals surface area contributed by atoms with Crippen molar-refractivity contribution in [1.29, 1.82) is 0 Å². The molecule has 2 aromatic rings. The van der Waals surface area contributed by atoms with E-state index in [0.29, 0.717) is 5.75 Å². The fourth-order valence-electron chi connectivity index (χ4n) is 2.01. The number of phenols is 1. The number of para-hydroxylation sites is 2. The third-order valence-corrected chi connectivity index (χ3v) is 3.41. The standard InChI is InChI=1S/C17H18O6/c1-17(20,11-8-9-13(21-2)12(18)10-11)16(19)23-15-7-5-4-6-14(15)22-3/h4-10,18,20H,1-3H3. The number of rotatable bonds is 5. The van der Waals surface area contributed by atoms with E-state index >= 15 is 0 Å². The summed E-state index contributed by atoms with van der Waals surface area (Å²) in [6.45, 7) is 1.28. The Morgan fingerprint density at radius 3 is 2.17 bits per heavy atom. The van der Waals surface area contributed by atoms with E-state index in [2.05, 4.69) is 0 Å². The van der Waals surface area contributed by atoms with Gasteiger partial charge in [-0.05, 0) is 36.8 Å². The van der Waals surface area contributed by atoms with Gasteiger partial charge in [0.2, 0.25) is 0 Å². The molecule has 23 heavy (non-hydrogen) atoms. The molecule has 0 bridgehead atoms. The van der Waals surface area contributed by atoms with Crippen molar-refractivity contribution in [3.8, 4) is 23.0 Å². The van der Waals surface area contributed by atoms with Crippen molar-refractivity contribution in [2.75, 3.05) is 14.2 Å². The lowest BCUT2D eigenvalue weighted by Crippen LogP contribution is -2.36. The molecule has 6 nitrogen and oxygen atoms in total. The van der Waals surface area contributed by atoms with E-state index in [4.69, 9.17) is 14.2 Å². The maximum atomic E-state index is 12.3. The van der Waals surface area contributed by atoms with Crippen molar-refractivity contribution in [2.24, 2.45) is 0 Å². The van der Waals surface area contributed by atoms with Crippen molar-refractivity contribution in [2.45, 2.75) is 12.5 Å². The van der Waals surface area contributed by atoms with Crippen LogP contribution in [0.3, 0.4) is 0 Å². The summed E-state index contributed by atoms with van der Waals surface area (Å²) >= 11 is 0. The summed E-state index contributed by atoms with van der Waals surface area (Å²) < 4.78 is 15.3. The van der Waals surface area contributed by atoms with Crippen molar-refractivity contribution >= 4 is 5.97 Å². The zero-order chi connectivity index (χ0) is 17.0. The number of aromatic hydroxyl groups is 1. The molecule has 0 saturated carbocycles. The number of phenolic OH excluding ortho intramolecular Hbond substituents is 1. The van der Waals surface area contributed by atoms with Crippen LogP contribution in [0.1, 0.15) is 12.5 Å². The van der Waals surface area contributed by atoms with Gasteiger partial charge in [-0.25, -0.2) is 4.79 Å². The Morgan fingerprint density at radius 2 is 1.61 bits per heavy atom. The lowest BCUT2D eigenvalue weighted by atomic mass is 9.96. The second kappa shape index (κ2) is 6.58. The molecule has 0 aliphatic heterocycles. The highest BCUT2D eigenvalue weighted by atomic mass is 16.6. The Kier molecular flexibility index (Phi) is 4.76. The highest BCUT2D eigenvalue weighted by Gasteiger charge is 2.36. The zero-order valence-electron chi connectivity index (χ0n) is 13.1. The molecule has 6 heteroatoms. The summed E-state index contributed by atoms with van der Waals surface area (Å²) in [5.74, 6) is -0.281. The number of aliphatic hydroxyl groups is 1. The van der Waals surface area contributed by atoms with Crippen LogP contribution in [0, 0.1) is 0 Å². The Hall–Kier alpha value is -2.73. The highest BCUT2D eigenvalue weighted by Crippen LogP contribution is 2.33. The average Bonchev–Trinajstić information content (AvgIpc) is 2.55. The van der Waals surface area contributed by atoms with Crippen LogP contribution in [0.15, 0.2) is 42.5 Å². The third-order valence-electron chi connectivity index (χ3n) is 3.41. The molecule has 0 aliphatic rings. The van der Waals surface area contributed by atoms with Gasteiger partial charge in [0.05, 0.1) is 14.2 Å². The fourth-order valence-corrected chi connectivity index (χ4v) is 2.01. The molecule has 2 N–H and O–H groups in total. The number of carbonyl (C=O) groups is 1. The molecule has 0 fully saturated rings. The molecule has 0 radical (unpaired) electrons. The minimum atomic E-state index is -1.95. The number of hydrogen-bond donors (Lipinski definition) is 2. The first kappa shape index (κ1) is 16.6. The summed E-state index contributed by atoms with van der Waals surface area (Å²) in [5.41, 5.74) is -1.78. The number of esters is 1. The summed E-state index contributed by atoms with van der Waals surface area (Å²) in [7, 11) is 2.86. The maximum absolute atomic E-state index is 12.3. The Morgan fingerprint density at radius 1 is 1.00 bits per heavy atom. The van der Waals surface area contributed by atoms with Crippen molar-refractivity contribution in [3.63, 3.8) is 0 Å². The Balaban J connectivity index is 2.28. The highest BCUT2D eigenvalue weighted by molar-refractivity contribution is 5.83. The molecule has 2 aromatic carbocycles. The number of methoxy groups -OCH3 is 2. The van der Waals surface area contributed by atoms with Gasteiger partial charge >= 0.3 is 5.97 Å². The van der Waals surface area contributed by atoms with Gasteiger partial charge in [-0.15, -0.1) is 0 Å². The van der Waals surface area contributed by atoms with Crippen LogP contribution in [-0.2, 0) is 10.4 Å². The van der Waals surface area contributed by atoms with Crippen LogP contribution < -0.4 is 14.2 Å². The molecule has 0 amide bonds. The van der Waals surface area contributed by atoms with Crippen molar-refractivity contribution < 1.29 is 29.2 Å². The Bertz CT molecular complexity index is 708. The molecule has 0 heterocycles. The number of carbonyl (C=O) groups excluding carboxylic acids is 1. The fraction of sp³-hybridized carbons (Fsp3) is 0.235. The molecule has 0 spiro atoms. The lowest BCUT2D eigenvalue weighted by Gasteiger charge is -2.22. The van der Waals surface area contributed by atoms with Gasteiger partial charge in [0, 0.05) is 0 Å². The van der Waals surface area contributed by atoms with Gasteiger partial charge in [-0.3, -0.25) is 0 Å². The largest absolute Gasteiger partial charge is 0.504 e. The van der Waals surface area contributed by atoms with Crippen LogP contribution in [0.5, 0.6) is 23.0 Å². The molecule has 0 aliphatic carbocycles. The van der Waals surface area contributed by atoms with Crippen LogP contribution >= 0.6 is 0 Å². The number of ether oxygens (including phenoxy) is 3. The molecule has 1 unspecified atom stereocenters. The molecule has 0 aromatic heterocycles. The van der Waals surface area contributed by atoms with E-state index in [-0.39, 0.29) is 22.8 Å². The molecule has 122 valence electrons. The zero-order valence-corrected chi connectivity index (χ0v) is 13.1. The van der Waals surface area contributed by atoms with E-state index in [0.717, 1.165) is 0 Å². The number of benzene rings is 2. The molecular formula is C17H18O6. The second-order valence-corrected chi connectivity index (χ2v) is 5.00. The minimum Gasteiger partial charge on any atom is -0.504 e. The first-order valence-corrected chi connectivity index (χ1v) is 6.85. The molecular weight excluding hydrogens is 300 g/mol. The summed E-state index contributed by atoms with van der Waals surface area (Å²) in [6.07, 6.45) is 0. The quantitative estimate of drug-likeness (QED) is 0.649. The molecule has 2 rings (SSSR count). The van der Waals surface area contributed by atoms with E-state index in [9.17, 15) is 15.0 Å². The lowest BCUT2D eigenvalue weighted by molar-refractivity contribution is -0.154.